The number of thiocarbonyl (C=S) groups is 1. The standard InChI is InChI=1S/C14H22S/c1-12(2)10-6-9-13(12,3)11(15)14(10)7-4-5-8-14/h10H,4-9H2,1-3H3. The Balaban J connectivity index is 2.14. The molecule has 2 atom stereocenters. The van der Waals surface area contributed by atoms with Crippen LogP contribution >= 0.6 is 12.2 Å². The van der Waals surface area contributed by atoms with Gasteiger partial charge >= 0.3 is 0 Å². The molecule has 0 saturated heterocycles. The van der Waals surface area contributed by atoms with Crippen molar-refractivity contribution in [1.29, 1.82) is 0 Å². The normalized spacial score (nSPS) is 45.5. The largest absolute Gasteiger partial charge is 0.0884 e. The van der Waals surface area contributed by atoms with E-state index in [4.69, 9.17) is 12.2 Å². The third-order valence-corrected chi connectivity index (χ3v) is 7.20. The summed E-state index contributed by atoms with van der Waals surface area (Å²) < 4.78 is 0. The fraction of sp³-hybridized carbons (Fsp3) is 0.929. The Kier molecular flexibility index (Phi) is 1.82. The second kappa shape index (κ2) is 2.67. The van der Waals surface area contributed by atoms with E-state index in [1.807, 2.05) is 0 Å². The van der Waals surface area contributed by atoms with Crippen molar-refractivity contribution in [2.24, 2.45) is 22.2 Å². The molecule has 0 radical (unpaired) electrons. The van der Waals surface area contributed by atoms with Gasteiger partial charge in [-0.2, -0.15) is 0 Å². The van der Waals surface area contributed by atoms with E-state index in [0.29, 0.717) is 16.2 Å². The molecular formula is C14H22S. The average molecular weight is 222 g/mol. The summed E-state index contributed by atoms with van der Waals surface area (Å²) in [5, 5.41) is 0. The summed E-state index contributed by atoms with van der Waals surface area (Å²) in [5.41, 5.74) is 1.33. The first kappa shape index (κ1) is 10.3. The Morgan fingerprint density at radius 1 is 1.07 bits per heavy atom. The highest BCUT2D eigenvalue weighted by Gasteiger charge is 2.70. The SMILES string of the molecule is CC12CCC(C3(CCCC3)C1=S)C2(C)C. The summed E-state index contributed by atoms with van der Waals surface area (Å²) in [6.07, 6.45) is 8.42. The minimum Gasteiger partial charge on any atom is -0.0884 e. The van der Waals surface area contributed by atoms with Gasteiger partial charge in [-0.25, -0.2) is 0 Å². The van der Waals surface area contributed by atoms with Crippen LogP contribution in [-0.2, 0) is 0 Å². The van der Waals surface area contributed by atoms with E-state index < -0.39 is 0 Å². The maximum atomic E-state index is 5.90. The van der Waals surface area contributed by atoms with Crippen molar-refractivity contribution in [2.45, 2.75) is 59.3 Å². The van der Waals surface area contributed by atoms with Gasteiger partial charge in [0.05, 0.1) is 0 Å². The van der Waals surface area contributed by atoms with Gasteiger partial charge in [0.25, 0.3) is 0 Å². The van der Waals surface area contributed by atoms with Gasteiger partial charge < -0.3 is 0 Å². The van der Waals surface area contributed by atoms with Crippen molar-refractivity contribution in [3.05, 3.63) is 0 Å². The zero-order valence-corrected chi connectivity index (χ0v) is 11.0. The summed E-state index contributed by atoms with van der Waals surface area (Å²) in [5.74, 6) is 0.894. The molecule has 3 saturated carbocycles. The van der Waals surface area contributed by atoms with Crippen molar-refractivity contribution in [1.82, 2.24) is 0 Å². The van der Waals surface area contributed by atoms with Crippen molar-refractivity contribution >= 4 is 17.1 Å². The lowest BCUT2D eigenvalue weighted by atomic mass is 9.69. The molecule has 0 aromatic heterocycles. The molecule has 0 heterocycles. The molecule has 3 aliphatic carbocycles. The van der Waals surface area contributed by atoms with Crippen LogP contribution in [0.2, 0.25) is 0 Å². The highest BCUT2D eigenvalue weighted by molar-refractivity contribution is 7.80. The molecule has 3 aliphatic rings. The van der Waals surface area contributed by atoms with E-state index in [1.54, 1.807) is 0 Å². The molecule has 0 aromatic rings. The van der Waals surface area contributed by atoms with Crippen LogP contribution in [0, 0.1) is 22.2 Å². The molecule has 2 bridgehead atoms. The second-order valence-corrected chi connectivity index (χ2v) is 7.25. The molecule has 1 heteroatoms. The summed E-state index contributed by atoms with van der Waals surface area (Å²) in [6, 6.07) is 0. The first-order chi connectivity index (χ1) is 6.95. The molecule has 0 amide bonds. The fourth-order valence-corrected chi connectivity index (χ4v) is 5.87. The summed E-state index contributed by atoms with van der Waals surface area (Å²) >= 11 is 5.90. The lowest BCUT2D eigenvalue weighted by Gasteiger charge is -2.37. The van der Waals surface area contributed by atoms with Crippen LogP contribution < -0.4 is 0 Å². The molecule has 84 valence electrons. The molecular weight excluding hydrogens is 200 g/mol. The van der Waals surface area contributed by atoms with Gasteiger partial charge in [-0.15, -0.1) is 0 Å². The van der Waals surface area contributed by atoms with Gasteiger partial charge in [0.15, 0.2) is 0 Å². The Labute approximate surface area is 98.8 Å². The Morgan fingerprint density at radius 3 is 2.13 bits per heavy atom. The first-order valence-electron chi connectivity index (χ1n) is 6.50. The molecule has 1 spiro atoms. The Hall–Kier alpha value is 0.0900. The van der Waals surface area contributed by atoms with E-state index in [0.717, 1.165) is 5.92 Å². The minimum absolute atomic E-state index is 0.372. The number of rotatable bonds is 0. The molecule has 2 unspecified atom stereocenters. The minimum atomic E-state index is 0.372. The van der Waals surface area contributed by atoms with Crippen molar-refractivity contribution in [3.63, 3.8) is 0 Å². The van der Waals surface area contributed by atoms with Crippen LogP contribution in [-0.4, -0.2) is 4.86 Å². The zero-order chi connectivity index (χ0) is 10.9. The van der Waals surface area contributed by atoms with E-state index in [9.17, 15) is 0 Å². The molecule has 0 aromatic carbocycles. The summed E-state index contributed by atoms with van der Waals surface area (Å²) in [7, 11) is 0. The Bertz CT molecular complexity index is 322. The van der Waals surface area contributed by atoms with E-state index in [-0.39, 0.29) is 0 Å². The van der Waals surface area contributed by atoms with Crippen LogP contribution in [0.15, 0.2) is 0 Å². The number of hydrogen-bond acceptors (Lipinski definition) is 1. The van der Waals surface area contributed by atoms with E-state index >= 15 is 0 Å². The van der Waals surface area contributed by atoms with Crippen LogP contribution in [0.5, 0.6) is 0 Å². The van der Waals surface area contributed by atoms with Gasteiger partial charge in [0, 0.05) is 15.7 Å². The van der Waals surface area contributed by atoms with E-state index in [1.165, 1.54) is 43.4 Å². The highest BCUT2D eigenvalue weighted by atomic mass is 32.1. The zero-order valence-electron chi connectivity index (χ0n) is 10.2. The first-order valence-corrected chi connectivity index (χ1v) is 6.91. The lowest BCUT2D eigenvalue weighted by molar-refractivity contribution is 0.140. The smallest absolute Gasteiger partial charge is 0.00576 e. The number of hydrogen-bond donors (Lipinski definition) is 0. The molecule has 0 aliphatic heterocycles. The van der Waals surface area contributed by atoms with Gasteiger partial charge in [0.2, 0.25) is 0 Å². The third-order valence-electron chi connectivity index (χ3n) is 6.34. The lowest BCUT2D eigenvalue weighted by Crippen LogP contribution is -2.36. The monoisotopic (exact) mass is 222 g/mol. The Morgan fingerprint density at radius 2 is 1.67 bits per heavy atom. The summed E-state index contributed by atoms with van der Waals surface area (Å²) in [4.78, 5) is 1.47. The quantitative estimate of drug-likeness (QED) is 0.548. The summed E-state index contributed by atoms with van der Waals surface area (Å²) in [6.45, 7) is 7.40. The molecule has 0 nitrogen and oxygen atoms in total. The molecule has 0 N–H and O–H groups in total. The van der Waals surface area contributed by atoms with Crippen molar-refractivity contribution in [2.75, 3.05) is 0 Å². The topological polar surface area (TPSA) is 0 Å². The van der Waals surface area contributed by atoms with Gasteiger partial charge in [0.1, 0.15) is 0 Å². The molecule has 3 fully saturated rings. The molecule has 3 rings (SSSR count). The predicted octanol–water partition coefficient (Wildman–Crippen LogP) is 4.37. The maximum Gasteiger partial charge on any atom is 0.00576 e. The number of fused-ring (bicyclic) bond motifs is 3. The van der Waals surface area contributed by atoms with Crippen LogP contribution in [0.4, 0.5) is 0 Å². The maximum absolute atomic E-state index is 5.90. The van der Waals surface area contributed by atoms with Crippen LogP contribution in [0.1, 0.15) is 59.3 Å². The molecule has 15 heavy (non-hydrogen) atoms. The fourth-order valence-electron chi connectivity index (χ4n) is 5.16. The van der Waals surface area contributed by atoms with Gasteiger partial charge in [-0.05, 0) is 37.0 Å². The van der Waals surface area contributed by atoms with Gasteiger partial charge in [-0.3, -0.25) is 0 Å². The van der Waals surface area contributed by atoms with Crippen molar-refractivity contribution in [3.8, 4) is 0 Å². The highest BCUT2D eigenvalue weighted by Crippen LogP contribution is 2.73. The van der Waals surface area contributed by atoms with Crippen LogP contribution in [0.3, 0.4) is 0 Å². The third kappa shape index (κ3) is 0.891. The van der Waals surface area contributed by atoms with Crippen LogP contribution in [0.25, 0.3) is 0 Å². The van der Waals surface area contributed by atoms with E-state index in [2.05, 4.69) is 20.8 Å². The second-order valence-electron chi connectivity index (χ2n) is 6.84. The van der Waals surface area contributed by atoms with Crippen molar-refractivity contribution < 1.29 is 0 Å². The average Bonchev–Trinajstić information content (AvgIpc) is 2.74. The van der Waals surface area contributed by atoms with Gasteiger partial charge in [-0.1, -0.05) is 45.8 Å². The predicted molar refractivity (Wildman–Crippen MR) is 68.1 cm³/mol.